The summed E-state index contributed by atoms with van der Waals surface area (Å²) < 4.78 is 0. The molecule has 3 atom stereocenters. The van der Waals surface area contributed by atoms with E-state index in [-0.39, 0.29) is 5.91 Å². The number of carbonyl (C=O) groups excluding carboxylic acids is 1. The molecule has 0 radical (unpaired) electrons. The van der Waals surface area contributed by atoms with E-state index >= 15 is 0 Å². The minimum atomic E-state index is 0.197. The summed E-state index contributed by atoms with van der Waals surface area (Å²) >= 11 is 0. The molecule has 1 aromatic rings. The van der Waals surface area contributed by atoms with Crippen LogP contribution >= 0.6 is 0 Å². The second-order valence-electron chi connectivity index (χ2n) is 5.76. The Bertz CT molecular complexity index is 506. The highest BCUT2D eigenvalue weighted by atomic mass is 16.1. The minimum absolute atomic E-state index is 0.197. The van der Waals surface area contributed by atoms with Crippen LogP contribution in [0.2, 0.25) is 0 Å². The van der Waals surface area contributed by atoms with Crippen LogP contribution in [0.1, 0.15) is 19.3 Å². The Morgan fingerprint density at radius 3 is 3.00 bits per heavy atom. The zero-order chi connectivity index (χ0) is 14.1. The number of anilines is 2. The molecule has 20 heavy (non-hydrogen) atoms. The zero-order valence-electron chi connectivity index (χ0n) is 12.0. The highest BCUT2D eigenvalue weighted by Crippen LogP contribution is 2.38. The van der Waals surface area contributed by atoms with Gasteiger partial charge in [-0.15, -0.1) is 0 Å². The van der Waals surface area contributed by atoms with Crippen molar-refractivity contribution in [1.29, 1.82) is 0 Å². The van der Waals surface area contributed by atoms with Crippen LogP contribution in [0.25, 0.3) is 0 Å². The number of amides is 1. The van der Waals surface area contributed by atoms with Crippen LogP contribution in [0.15, 0.2) is 12.3 Å². The third-order valence-corrected chi connectivity index (χ3v) is 4.59. The fourth-order valence-electron chi connectivity index (χ4n) is 3.37. The largest absolute Gasteiger partial charge is 0.373 e. The van der Waals surface area contributed by atoms with Crippen molar-refractivity contribution < 1.29 is 4.79 Å². The van der Waals surface area contributed by atoms with Gasteiger partial charge in [-0.1, -0.05) is 0 Å². The van der Waals surface area contributed by atoms with Gasteiger partial charge in [-0.2, -0.15) is 4.98 Å². The Balaban J connectivity index is 1.71. The molecule has 6 heteroatoms. The van der Waals surface area contributed by atoms with Crippen molar-refractivity contribution in [2.45, 2.75) is 25.3 Å². The number of hydrogen-bond donors (Lipinski definition) is 2. The highest BCUT2D eigenvalue weighted by Gasteiger charge is 2.40. The van der Waals surface area contributed by atoms with Gasteiger partial charge in [0.1, 0.15) is 5.82 Å². The fraction of sp³-hybridized carbons (Fsp3) is 0.643. The van der Waals surface area contributed by atoms with Gasteiger partial charge in [0.15, 0.2) is 0 Å². The summed E-state index contributed by atoms with van der Waals surface area (Å²) in [5.41, 5.74) is 0. The van der Waals surface area contributed by atoms with Crippen molar-refractivity contribution >= 4 is 17.7 Å². The predicted octanol–water partition coefficient (Wildman–Crippen LogP) is 0.869. The number of aromatic nitrogens is 2. The van der Waals surface area contributed by atoms with E-state index in [2.05, 4.69) is 25.5 Å². The Hall–Kier alpha value is -1.85. The normalized spacial score (nSPS) is 28.7. The van der Waals surface area contributed by atoms with Gasteiger partial charge >= 0.3 is 0 Å². The molecule has 3 rings (SSSR count). The number of carbonyl (C=O) groups is 1. The first kappa shape index (κ1) is 13.1. The Morgan fingerprint density at radius 1 is 1.40 bits per heavy atom. The maximum Gasteiger partial charge on any atom is 0.227 e. The van der Waals surface area contributed by atoms with E-state index in [4.69, 9.17) is 0 Å². The summed E-state index contributed by atoms with van der Waals surface area (Å²) in [5, 5.41) is 6.01. The van der Waals surface area contributed by atoms with Crippen LogP contribution in [-0.2, 0) is 4.79 Å². The first-order chi connectivity index (χ1) is 9.67. The van der Waals surface area contributed by atoms with Gasteiger partial charge < -0.3 is 15.5 Å². The third-order valence-electron chi connectivity index (χ3n) is 4.59. The lowest BCUT2D eigenvalue weighted by molar-refractivity contribution is -0.124. The predicted molar refractivity (Wildman–Crippen MR) is 77.6 cm³/mol. The van der Waals surface area contributed by atoms with E-state index in [1.54, 1.807) is 6.20 Å². The number of fused-ring (bicyclic) bond motifs is 1. The number of rotatable bonds is 3. The van der Waals surface area contributed by atoms with Gasteiger partial charge in [-0.25, -0.2) is 4.98 Å². The van der Waals surface area contributed by atoms with E-state index < -0.39 is 0 Å². The number of hydrogen-bond acceptors (Lipinski definition) is 5. The van der Waals surface area contributed by atoms with Gasteiger partial charge in [0.2, 0.25) is 11.9 Å². The lowest BCUT2D eigenvalue weighted by atomic mass is 9.89. The second-order valence-corrected chi connectivity index (χ2v) is 5.76. The molecule has 2 fully saturated rings. The average molecular weight is 275 g/mol. The van der Waals surface area contributed by atoms with Crippen molar-refractivity contribution in [2.24, 2.45) is 11.8 Å². The summed E-state index contributed by atoms with van der Waals surface area (Å²) in [4.78, 5) is 22.5. The van der Waals surface area contributed by atoms with Gasteiger partial charge in [-0.05, 0) is 30.7 Å². The molecule has 1 saturated heterocycles. The SMILES string of the molecule is CNc1ccnc(N(C)[C@H]2C[C@H]3CC(=O)NC[C@H]3C2)n1. The number of nitrogens with one attached hydrogen (secondary N) is 2. The topological polar surface area (TPSA) is 70.2 Å². The van der Waals surface area contributed by atoms with E-state index in [1.165, 1.54) is 0 Å². The lowest BCUT2D eigenvalue weighted by Crippen LogP contribution is -2.38. The molecule has 1 aromatic heterocycles. The highest BCUT2D eigenvalue weighted by molar-refractivity contribution is 5.77. The zero-order valence-corrected chi connectivity index (χ0v) is 12.0. The maximum absolute atomic E-state index is 11.5. The molecule has 1 aliphatic heterocycles. The van der Waals surface area contributed by atoms with Crippen molar-refractivity contribution in [3.8, 4) is 0 Å². The third kappa shape index (κ3) is 2.42. The molecule has 0 aromatic carbocycles. The van der Waals surface area contributed by atoms with Crippen LogP contribution in [0, 0.1) is 11.8 Å². The van der Waals surface area contributed by atoms with Gasteiger partial charge in [-0.3, -0.25) is 4.79 Å². The van der Waals surface area contributed by atoms with Crippen LogP contribution in [0.3, 0.4) is 0 Å². The summed E-state index contributed by atoms with van der Waals surface area (Å²) in [6, 6.07) is 2.28. The molecule has 1 aliphatic carbocycles. The standard InChI is InChI=1S/C14H21N5O/c1-15-12-3-4-16-14(18-12)19(2)11-5-9-7-13(20)17-8-10(9)6-11/h3-4,9-11H,5-8H2,1-2H3,(H,17,20)(H,15,16,18)/t9-,10+,11-/m0/s1. The monoisotopic (exact) mass is 275 g/mol. The Labute approximate surface area is 119 Å². The quantitative estimate of drug-likeness (QED) is 0.856. The van der Waals surface area contributed by atoms with Crippen molar-refractivity contribution in [1.82, 2.24) is 15.3 Å². The summed E-state index contributed by atoms with van der Waals surface area (Å²) in [6.07, 6.45) is 4.61. The first-order valence-electron chi connectivity index (χ1n) is 7.17. The Morgan fingerprint density at radius 2 is 2.20 bits per heavy atom. The summed E-state index contributed by atoms with van der Waals surface area (Å²) in [5.74, 6) is 2.90. The van der Waals surface area contributed by atoms with E-state index in [0.29, 0.717) is 24.3 Å². The maximum atomic E-state index is 11.5. The van der Waals surface area contributed by atoms with Crippen molar-refractivity contribution in [3.63, 3.8) is 0 Å². The average Bonchev–Trinajstić information content (AvgIpc) is 2.89. The molecule has 0 bridgehead atoms. The van der Waals surface area contributed by atoms with Crippen LogP contribution in [0.5, 0.6) is 0 Å². The molecule has 6 nitrogen and oxygen atoms in total. The van der Waals surface area contributed by atoms with Crippen LogP contribution in [-0.4, -0.2) is 42.6 Å². The van der Waals surface area contributed by atoms with E-state index in [1.807, 2.05) is 20.2 Å². The first-order valence-corrected chi connectivity index (χ1v) is 7.17. The number of piperidine rings is 1. The molecule has 0 unspecified atom stereocenters. The molecule has 0 spiro atoms. The summed E-state index contributed by atoms with van der Waals surface area (Å²) in [6.45, 7) is 0.825. The van der Waals surface area contributed by atoms with E-state index in [9.17, 15) is 4.79 Å². The molecule has 108 valence electrons. The molecule has 2 N–H and O–H groups in total. The summed E-state index contributed by atoms with van der Waals surface area (Å²) in [7, 11) is 3.90. The van der Waals surface area contributed by atoms with Crippen LogP contribution < -0.4 is 15.5 Å². The minimum Gasteiger partial charge on any atom is -0.373 e. The van der Waals surface area contributed by atoms with Crippen molar-refractivity contribution in [3.05, 3.63) is 12.3 Å². The lowest BCUT2D eigenvalue weighted by Gasteiger charge is -2.24. The molecule has 2 heterocycles. The molecule has 1 amide bonds. The van der Waals surface area contributed by atoms with E-state index in [0.717, 1.165) is 31.2 Å². The van der Waals surface area contributed by atoms with Gasteiger partial charge in [0.25, 0.3) is 0 Å². The molecular formula is C14H21N5O. The Kier molecular flexibility index (Phi) is 3.46. The molecule has 1 saturated carbocycles. The fourth-order valence-corrected chi connectivity index (χ4v) is 3.37. The molecule has 2 aliphatic rings. The van der Waals surface area contributed by atoms with Crippen molar-refractivity contribution in [2.75, 3.05) is 30.9 Å². The number of nitrogens with zero attached hydrogens (tertiary/aromatic N) is 3. The smallest absolute Gasteiger partial charge is 0.227 e. The van der Waals surface area contributed by atoms with Gasteiger partial charge in [0.05, 0.1) is 0 Å². The van der Waals surface area contributed by atoms with Crippen LogP contribution in [0.4, 0.5) is 11.8 Å². The second kappa shape index (κ2) is 5.26. The molecular weight excluding hydrogens is 254 g/mol. The van der Waals surface area contributed by atoms with Gasteiger partial charge in [0, 0.05) is 39.3 Å².